The minimum atomic E-state index is -3.87. The van der Waals surface area contributed by atoms with E-state index in [0.717, 1.165) is 11.1 Å². The molecule has 0 saturated heterocycles. The van der Waals surface area contributed by atoms with Crippen LogP contribution in [0.4, 0.5) is 5.69 Å². The van der Waals surface area contributed by atoms with Crippen LogP contribution >= 0.6 is 11.6 Å². The molecule has 3 aromatic carbocycles. The maximum absolute atomic E-state index is 13.2. The van der Waals surface area contributed by atoms with Crippen molar-refractivity contribution in [3.05, 3.63) is 95.0 Å². The smallest absolute Gasteiger partial charge is 0.243 e. The van der Waals surface area contributed by atoms with Crippen molar-refractivity contribution in [2.75, 3.05) is 18.4 Å². The lowest BCUT2D eigenvalue weighted by Gasteiger charge is -2.22. The Labute approximate surface area is 182 Å². The number of nitrogens with one attached hydrogen (secondary N) is 1. The van der Waals surface area contributed by atoms with Crippen LogP contribution in [-0.2, 0) is 21.2 Å². The normalized spacial score (nSPS) is 11.4. The molecule has 30 heavy (non-hydrogen) atoms. The number of hydrogen-bond donors (Lipinski definition) is 1. The molecule has 0 saturated carbocycles. The third-order valence-electron chi connectivity index (χ3n) is 4.60. The number of amides is 1. The lowest BCUT2D eigenvalue weighted by molar-refractivity contribution is -0.116. The summed E-state index contributed by atoms with van der Waals surface area (Å²) >= 11 is 5.90. The Bertz CT molecular complexity index is 1080. The first-order valence-corrected chi connectivity index (χ1v) is 11.3. The average molecular weight is 443 g/mol. The Morgan fingerprint density at radius 1 is 0.933 bits per heavy atom. The van der Waals surface area contributed by atoms with Crippen LogP contribution in [0.15, 0.2) is 83.8 Å². The summed E-state index contributed by atoms with van der Waals surface area (Å²) in [5.74, 6) is -0.399. The molecular formula is C23H23ClN2O3S. The van der Waals surface area contributed by atoms with Gasteiger partial charge in [-0.3, -0.25) is 4.79 Å². The van der Waals surface area contributed by atoms with Gasteiger partial charge in [0.2, 0.25) is 15.9 Å². The number of carbonyl (C=O) groups is 1. The molecule has 5 nitrogen and oxygen atoms in total. The molecule has 0 fully saturated rings. The Kier molecular flexibility index (Phi) is 7.26. The fraction of sp³-hybridized carbons (Fsp3) is 0.174. The second kappa shape index (κ2) is 9.89. The highest BCUT2D eigenvalue weighted by Gasteiger charge is 2.26. The van der Waals surface area contributed by atoms with Crippen LogP contribution in [0.2, 0.25) is 5.02 Å². The van der Waals surface area contributed by atoms with Crippen molar-refractivity contribution in [1.82, 2.24) is 4.31 Å². The van der Waals surface area contributed by atoms with Gasteiger partial charge in [-0.15, -0.1) is 0 Å². The van der Waals surface area contributed by atoms with E-state index < -0.39 is 15.9 Å². The van der Waals surface area contributed by atoms with Crippen molar-refractivity contribution >= 4 is 33.2 Å². The van der Waals surface area contributed by atoms with Gasteiger partial charge in [-0.05, 0) is 55.3 Å². The van der Waals surface area contributed by atoms with Crippen molar-refractivity contribution < 1.29 is 13.2 Å². The second-order valence-corrected chi connectivity index (χ2v) is 9.32. The Morgan fingerprint density at radius 2 is 1.57 bits per heavy atom. The number of sulfonamides is 1. The number of hydrogen-bond acceptors (Lipinski definition) is 3. The van der Waals surface area contributed by atoms with Gasteiger partial charge in [0.15, 0.2) is 0 Å². The summed E-state index contributed by atoms with van der Waals surface area (Å²) in [5.41, 5.74) is 2.69. The maximum atomic E-state index is 13.2. The molecule has 0 heterocycles. The standard InChI is InChI=1S/C23H23ClN2O3S/c1-18-7-11-21(12-8-18)25-23(27)17-26(16-15-19-5-3-2-4-6-19)30(28,29)22-13-9-20(24)10-14-22/h2-14H,15-17H2,1H3,(H,25,27). The van der Waals surface area contributed by atoms with Crippen molar-refractivity contribution in [3.8, 4) is 0 Å². The molecular weight excluding hydrogens is 420 g/mol. The minimum absolute atomic E-state index is 0.100. The Morgan fingerprint density at radius 3 is 2.20 bits per heavy atom. The third kappa shape index (κ3) is 5.92. The molecule has 1 amide bonds. The summed E-state index contributed by atoms with van der Waals surface area (Å²) in [4.78, 5) is 12.7. The van der Waals surface area contributed by atoms with Crippen molar-refractivity contribution in [3.63, 3.8) is 0 Å². The molecule has 0 bridgehead atoms. The van der Waals surface area contributed by atoms with Crippen LogP contribution < -0.4 is 5.32 Å². The number of nitrogens with zero attached hydrogens (tertiary/aromatic N) is 1. The molecule has 3 rings (SSSR count). The molecule has 0 aromatic heterocycles. The fourth-order valence-corrected chi connectivity index (χ4v) is 4.46. The van der Waals surface area contributed by atoms with E-state index in [-0.39, 0.29) is 18.0 Å². The minimum Gasteiger partial charge on any atom is -0.325 e. The Balaban J connectivity index is 1.79. The van der Waals surface area contributed by atoms with Gasteiger partial charge in [0.25, 0.3) is 0 Å². The van der Waals surface area contributed by atoms with Gasteiger partial charge in [0, 0.05) is 17.3 Å². The van der Waals surface area contributed by atoms with E-state index in [1.54, 1.807) is 12.1 Å². The van der Waals surface area contributed by atoms with Gasteiger partial charge in [-0.1, -0.05) is 59.6 Å². The second-order valence-electron chi connectivity index (χ2n) is 6.94. The monoisotopic (exact) mass is 442 g/mol. The molecule has 0 unspecified atom stereocenters. The topological polar surface area (TPSA) is 66.5 Å². The molecule has 0 atom stereocenters. The zero-order valence-corrected chi connectivity index (χ0v) is 18.2. The van der Waals surface area contributed by atoms with Crippen LogP contribution in [0.3, 0.4) is 0 Å². The molecule has 0 aliphatic rings. The molecule has 0 aliphatic carbocycles. The number of halogens is 1. The van der Waals surface area contributed by atoms with Crippen molar-refractivity contribution in [2.24, 2.45) is 0 Å². The number of carbonyl (C=O) groups excluding carboxylic acids is 1. The summed E-state index contributed by atoms with van der Waals surface area (Å²) in [6, 6.07) is 22.8. The van der Waals surface area contributed by atoms with Gasteiger partial charge in [-0.25, -0.2) is 8.42 Å². The third-order valence-corrected chi connectivity index (χ3v) is 6.71. The zero-order valence-electron chi connectivity index (χ0n) is 16.6. The lowest BCUT2D eigenvalue weighted by atomic mass is 10.1. The van der Waals surface area contributed by atoms with E-state index in [2.05, 4.69) is 5.32 Å². The van der Waals surface area contributed by atoms with Crippen LogP contribution in [0.5, 0.6) is 0 Å². The van der Waals surface area contributed by atoms with E-state index in [4.69, 9.17) is 11.6 Å². The molecule has 0 radical (unpaired) electrons. The highest BCUT2D eigenvalue weighted by molar-refractivity contribution is 7.89. The predicted octanol–water partition coefficient (Wildman–Crippen LogP) is 4.52. The van der Waals surface area contributed by atoms with Gasteiger partial charge >= 0.3 is 0 Å². The van der Waals surface area contributed by atoms with Crippen molar-refractivity contribution in [1.29, 1.82) is 0 Å². The first-order valence-electron chi connectivity index (χ1n) is 9.51. The SMILES string of the molecule is Cc1ccc(NC(=O)CN(CCc2ccccc2)S(=O)(=O)c2ccc(Cl)cc2)cc1. The van der Waals surface area contributed by atoms with Crippen LogP contribution in [0.1, 0.15) is 11.1 Å². The highest BCUT2D eigenvalue weighted by atomic mass is 35.5. The number of aryl methyl sites for hydroxylation is 1. The van der Waals surface area contributed by atoms with E-state index in [0.29, 0.717) is 17.1 Å². The van der Waals surface area contributed by atoms with Gasteiger partial charge in [0.05, 0.1) is 11.4 Å². The average Bonchev–Trinajstić information content (AvgIpc) is 2.73. The fourth-order valence-electron chi connectivity index (χ4n) is 2.94. The lowest BCUT2D eigenvalue weighted by Crippen LogP contribution is -2.39. The van der Waals surface area contributed by atoms with Crippen LogP contribution in [0, 0.1) is 6.92 Å². The molecule has 0 spiro atoms. The summed E-state index contributed by atoms with van der Waals surface area (Å²) < 4.78 is 27.6. The van der Waals surface area contributed by atoms with Gasteiger partial charge in [0.1, 0.15) is 0 Å². The maximum Gasteiger partial charge on any atom is 0.243 e. The summed E-state index contributed by atoms with van der Waals surface area (Å²) in [6.07, 6.45) is 0.492. The summed E-state index contributed by atoms with van der Waals surface area (Å²) in [5, 5.41) is 3.21. The molecule has 0 aliphatic heterocycles. The molecule has 3 aromatic rings. The van der Waals surface area contributed by atoms with Crippen molar-refractivity contribution in [2.45, 2.75) is 18.2 Å². The van der Waals surface area contributed by atoms with Crippen LogP contribution in [0.25, 0.3) is 0 Å². The summed E-state index contributed by atoms with van der Waals surface area (Å²) in [7, 11) is -3.87. The quantitative estimate of drug-likeness (QED) is 0.557. The zero-order chi connectivity index (χ0) is 21.6. The van der Waals surface area contributed by atoms with E-state index in [1.807, 2.05) is 49.4 Å². The molecule has 1 N–H and O–H groups in total. The Hall–Kier alpha value is -2.67. The molecule has 7 heteroatoms. The van der Waals surface area contributed by atoms with E-state index in [1.165, 1.54) is 28.6 Å². The summed E-state index contributed by atoms with van der Waals surface area (Å²) in [6.45, 7) is 1.84. The van der Waals surface area contributed by atoms with E-state index in [9.17, 15) is 13.2 Å². The predicted molar refractivity (Wildman–Crippen MR) is 120 cm³/mol. The number of benzene rings is 3. The number of rotatable bonds is 8. The largest absolute Gasteiger partial charge is 0.325 e. The van der Waals surface area contributed by atoms with E-state index >= 15 is 0 Å². The first-order chi connectivity index (χ1) is 14.3. The van der Waals surface area contributed by atoms with Gasteiger partial charge < -0.3 is 5.32 Å². The first kappa shape index (κ1) is 22.0. The van der Waals surface area contributed by atoms with Crippen LogP contribution in [-0.4, -0.2) is 31.7 Å². The number of anilines is 1. The van der Waals surface area contributed by atoms with Gasteiger partial charge in [-0.2, -0.15) is 4.31 Å². The molecule has 156 valence electrons. The highest BCUT2D eigenvalue weighted by Crippen LogP contribution is 2.19.